The molecule has 3 aromatic carbocycles. The molecule has 0 saturated carbocycles. The van der Waals surface area contributed by atoms with Crippen LogP contribution in [0, 0.1) is 5.41 Å². The van der Waals surface area contributed by atoms with Crippen molar-refractivity contribution >= 4 is 34.2 Å². The number of urea groups is 1. The molecule has 0 atom stereocenters. The van der Waals surface area contributed by atoms with Crippen LogP contribution in [0.5, 0.6) is 0 Å². The summed E-state index contributed by atoms with van der Waals surface area (Å²) in [4.78, 5) is 28.9. The molecule has 4 rings (SSSR count). The number of hydrogen-bond acceptors (Lipinski definition) is 3. The Balaban J connectivity index is 1.37. The van der Waals surface area contributed by atoms with E-state index in [-0.39, 0.29) is 17.8 Å². The Kier molecular flexibility index (Phi) is 5.34. The van der Waals surface area contributed by atoms with Gasteiger partial charge >= 0.3 is 6.03 Å². The summed E-state index contributed by atoms with van der Waals surface area (Å²) < 4.78 is 0. The molecule has 7 nitrogen and oxygen atoms in total. The second kappa shape index (κ2) is 8.24. The SMILES string of the molecule is N=C(N)c1ccc(C(=O)N2CCN(C(=O)Nc3cccc4ccccc34)CC2)cc1. The van der Waals surface area contributed by atoms with Gasteiger partial charge in [0, 0.05) is 42.7 Å². The fourth-order valence-corrected chi connectivity index (χ4v) is 3.62. The quantitative estimate of drug-likeness (QED) is 0.464. The molecule has 1 saturated heterocycles. The average Bonchev–Trinajstić information content (AvgIpc) is 2.79. The minimum Gasteiger partial charge on any atom is -0.384 e. The first-order chi connectivity index (χ1) is 14.5. The van der Waals surface area contributed by atoms with E-state index in [9.17, 15) is 9.59 Å². The summed E-state index contributed by atoms with van der Waals surface area (Å²) in [6.45, 7) is 1.87. The average molecular weight is 401 g/mol. The lowest BCUT2D eigenvalue weighted by Gasteiger charge is -2.34. The number of nitrogens with two attached hydrogens (primary N) is 1. The lowest BCUT2D eigenvalue weighted by molar-refractivity contribution is 0.0671. The summed E-state index contributed by atoms with van der Waals surface area (Å²) >= 11 is 0. The standard InChI is InChI=1S/C23H23N5O2/c24-21(25)17-8-10-18(11-9-17)22(29)27-12-14-28(15-13-27)23(30)26-20-7-3-5-16-4-1-2-6-19(16)20/h1-11H,12-15H2,(H3,24,25)(H,26,30). The number of carbonyl (C=O) groups is 2. The number of piperazine rings is 1. The number of amides is 3. The Labute approximate surface area is 174 Å². The first-order valence-electron chi connectivity index (χ1n) is 9.80. The Morgan fingerprint density at radius 1 is 0.800 bits per heavy atom. The Morgan fingerprint density at radius 2 is 1.40 bits per heavy atom. The van der Waals surface area contributed by atoms with Gasteiger partial charge in [-0.2, -0.15) is 0 Å². The maximum absolute atomic E-state index is 12.7. The highest BCUT2D eigenvalue weighted by Crippen LogP contribution is 2.23. The number of benzene rings is 3. The molecule has 3 amide bonds. The molecule has 0 aromatic heterocycles. The normalized spacial score (nSPS) is 13.9. The van der Waals surface area contributed by atoms with Crippen LogP contribution in [0.4, 0.5) is 10.5 Å². The van der Waals surface area contributed by atoms with Crippen LogP contribution in [-0.2, 0) is 0 Å². The summed E-state index contributed by atoms with van der Waals surface area (Å²) in [6.07, 6.45) is 0. The molecule has 1 aliphatic heterocycles. The number of amidine groups is 1. The summed E-state index contributed by atoms with van der Waals surface area (Å²) in [5.41, 5.74) is 7.37. The van der Waals surface area contributed by atoms with Gasteiger partial charge in [0.25, 0.3) is 5.91 Å². The summed E-state index contributed by atoms with van der Waals surface area (Å²) in [6, 6.07) is 20.3. The van der Waals surface area contributed by atoms with E-state index >= 15 is 0 Å². The van der Waals surface area contributed by atoms with Crippen molar-refractivity contribution in [1.29, 1.82) is 5.41 Å². The Bertz CT molecular complexity index is 1100. The number of nitrogens with zero attached hydrogens (tertiary/aromatic N) is 2. The number of anilines is 1. The highest BCUT2D eigenvalue weighted by molar-refractivity contribution is 6.02. The van der Waals surface area contributed by atoms with Gasteiger partial charge in [0.1, 0.15) is 5.84 Å². The van der Waals surface area contributed by atoms with Crippen molar-refractivity contribution in [3.05, 3.63) is 77.9 Å². The number of rotatable bonds is 3. The molecular weight excluding hydrogens is 378 g/mol. The third-order valence-corrected chi connectivity index (χ3v) is 5.33. The van der Waals surface area contributed by atoms with Crippen LogP contribution in [0.2, 0.25) is 0 Å². The zero-order valence-corrected chi connectivity index (χ0v) is 16.5. The highest BCUT2D eigenvalue weighted by Gasteiger charge is 2.25. The number of nitrogens with one attached hydrogen (secondary N) is 2. The number of carbonyl (C=O) groups excluding carboxylic acids is 2. The topological polar surface area (TPSA) is 103 Å². The van der Waals surface area contributed by atoms with Crippen LogP contribution >= 0.6 is 0 Å². The van der Waals surface area contributed by atoms with Crippen molar-refractivity contribution in [2.75, 3.05) is 31.5 Å². The molecule has 0 radical (unpaired) electrons. The van der Waals surface area contributed by atoms with E-state index in [0.717, 1.165) is 16.5 Å². The Hall–Kier alpha value is -3.87. The third kappa shape index (κ3) is 3.96. The molecule has 1 heterocycles. The van der Waals surface area contributed by atoms with E-state index in [1.54, 1.807) is 34.1 Å². The molecule has 152 valence electrons. The van der Waals surface area contributed by atoms with Crippen LogP contribution in [0.15, 0.2) is 66.7 Å². The highest BCUT2D eigenvalue weighted by atomic mass is 16.2. The van der Waals surface area contributed by atoms with Crippen LogP contribution in [-0.4, -0.2) is 53.8 Å². The van der Waals surface area contributed by atoms with E-state index < -0.39 is 0 Å². The summed E-state index contributed by atoms with van der Waals surface area (Å²) in [5.74, 6) is -0.112. The third-order valence-electron chi connectivity index (χ3n) is 5.33. The predicted octanol–water partition coefficient (Wildman–Crippen LogP) is 3.11. The van der Waals surface area contributed by atoms with E-state index in [1.807, 2.05) is 42.5 Å². The monoisotopic (exact) mass is 401 g/mol. The van der Waals surface area contributed by atoms with Gasteiger partial charge in [-0.25, -0.2) is 4.79 Å². The van der Waals surface area contributed by atoms with E-state index in [0.29, 0.717) is 37.3 Å². The molecule has 0 unspecified atom stereocenters. The number of fused-ring (bicyclic) bond motifs is 1. The van der Waals surface area contributed by atoms with Gasteiger partial charge in [0.15, 0.2) is 0 Å². The smallest absolute Gasteiger partial charge is 0.321 e. The first-order valence-corrected chi connectivity index (χ1v) is 9.80. The molecule has 3 aromatic rings. The van der Waals surface area contributed by atoms with E-state index in [4.69, 9.17) is 11.1 Å². The number of hydrogen-bond donors (Lipinski definition) is 3. The molecule has 1 fully saturated rings. The maximum atomic E-state index is 12.7. The maximum Gasteiger partial charge on any atom is 0.321 e. The lowest BCUT2D eigenvalue weighted by atomic mass is 10.1. The van der Waals surface area contributed by atoms with Crippen LogP contribution < -0.4 is 11.1 Å². The fourth-order valence-electron chi connectivity index (χ4n) is 3.62. The molecule has 1 aliphatic rings. The van der Waals surface area contributed by atoms with Gasteiger partial charge < -0.3 is 20.9 Å². The van der Waals surface area contributed by atoms with Gasteiger partial charge in [0.2, 0.25) is 0 Å². The van der Waals surface area contributed by atoms with Crippen molar-refractivity contribution < 1.29 is 9.59 Å². The minimum atomic E-state index is -0.163. The molecule has 4 N–H and O–H groups in total. The van der Waals surface area contributed by atoms with Crippen LogP contribution in [0.1, 0.15) is 15.9 Å². The summed E-state index contributed by atoms with van der Waals surface area (Å²) in [5, 5.41) is 12.5. The molecule has 7 heteroatoms. The number of nitrogen functional groups attached to an aromatic ring is 1. The minimum absolute atomic E-state index is 0.0279. The van der Waals surface area contributed by atoms with Gasteiger partial charge in [0.05, 0.1) is 5.69 Å². The zero-order valence-electron chi connectivity index (χ0n) is 16.5. The van der Waals surface area contributed by atoms with Gasteiger partial charge in [-0.05, 0) is 23.6 Å². The summed E-state index contributed by atoms with van der Waals surface area (Å²) in [7, 11) is 0. The second-order valence-corrected chi connectivity index (χ2v) is 7.23. The van der Waals surface area contributed by atoms with Crippen molar-refractivity contribution in [1.82, 2.24) is 9.80 Å². The van der Waals surface area contributed by atoms with E-state index in [2.05, 4.69) is 5.32 Å². The molecular formula is C23H23N5O2. The van der Waals surface area contributed by atoms with E-state index in [1.165, 1.54) is 0 Å². The van der Waals surface area contributed by atoms with Gasteiger partial charge in [-0.3, -0.25) is 10.2 Å². The fraction of sp³-hybridized carbons (Fsp3) is 0.174. The predicted molar refractivity (Wildman–Crippen MR) is 118 cm³/mol. The van der Waals surface area contributed by atoms with Crippen LogP contribution in [0.3, 0.4) is 0 Å². The zero-order chi connectivity index (χ0) is 21.1. The first kappa shape index (κ1) is 19.4. The van der Waals surface area contributed by atoms with Gasteiger partial charge in [-0.1, -0.05) is 48.5 Å². The molecule has 0 bridgehead atoms. The van der Waals surface area contributed by atoms with Crippen molar-refractivity contribution in [3.8, 4) is 0 Å². The molecule has 30 heavy (non-hydrogen) atoms. The largest absolute Gasteiger partial charge is 0.384 e. The van der Waals surface area contributed by atoms with Gasteiger partial charge in [-0.15, -0.1) is 0 Å². The van der Waals surface area contributed by atoms with Crippen molar-refractivity contribution in [2.45, 2.75) is 0 Å². The second-order valence-electron chi connectivity index (χ2n) is 7.23. The Morgan fingerprint density at radius 3 is 2.10 bits per heavy atom. The lowest BCUT2D eigenvalue weighted by Crippen LogP contribution is -2.51. The molecule has 0 aliphatic carbocycles. The molecule has 0 spiro atoms. The van der Waals surface area contributed by atoms with Crippen molar-refractivity contribution in [3.63, 3.8) is 0 Å². The van der Waals surface area contributed by atoms with Crippen molar-refractivity contribution in [2.24, 2.45) is 5.73 Å². The van der Waals surface area contributed by atoms with Crippen LogP contribution in [0.25, 0.3) is 10.8 Å².